The lowest BCUT2D eigenvalue weighted by atomic mass is 9.96. The second-order valence-electron chi connectivity index (χ2n) is 5.50. The van der Waals surface area contributed by atoms with E-state index in [1.165, 1.54) is 31.4 Å². The molecule has 0 saturated carbocycles. The Labute approximate surface area is 110 Å². The SMILES string of the molecule is CCCn1cc(CN2CCCCC2C(C)N)cn1. The van der Waals surface area contributed by atoms with Crippen LogP contribution in [0.15, 0.2) is 12.4 Å². The van der Waals surface area contributed by atoms with Crippen LogP contribution in [0, 0.1) is 0 Å². The van der Waals surface area contributed by atoms with Crippen molar-refractivity contribution in [2.45, 2.75) is 64.7 Å². The van der Waals surface area contributed by atoms with Crippen LogP contribution in [0.25, 0.3) is 0 Å². The van der Waals surface area contributed by atoms with E-state index >= 15 is 0 Å². The fourth-order valence-corrected chi connectivity index (χ4v) is 2.88. The van der Waals surface area contributed by atoms with Crippen LogP contribution in [0.3, 0.4) is 0 Å². The predicted molar refractivity (Wildman–Crippen MR) is 74.2 cm³/mol. The second-order valence-corrected chi connectivity index (χ2v) is 5.50. The van der Waals surface area contributed by atoms with Crippen LogP contribution >= 0.6 is 0 Å². The van der Waals surface area contributed by atoms with E-state index in [2.05, 4.69) is 30.0 Å². The number of aryl methyl sites for hydroxylation is 1. The minimum absolute atomic E-state index is 0.260. The molecule has 0 aromatic carbocycles. The molecule has 18 heavy (non-hydrogen) atoms. The number of piperidine rings is 1. The molecule has 4 heteroatoms. The molecular formula is C14H26N4. The van der Waals surface area contributed by atoms with Crippen molar-refractivity contribution in [3.8, 4) is 0 Å². The maximum atomic E-state index is 6.10. The molecule has 2 rings (SSSR count). The third-order valence-electron chi connectivity index (χ3n) is 3.80. The molecule has 0 spiro atoms. The van der Waals surface area contributed by atoms with Gasteiger partial charge in [-0.15, -0.1) is 0 Å². The van der Waals surface area contributed by atoms with E-state index in [0.717, 1.165) is 19.5 Å². The van der Waals surface area contributed by atoms with Crippen molar-refractivity contribution in [1.82, 2.24) is 14.7 Å². The van der Waals surface area contributed by atoms with Gasteiger partial charge in [-0.05, 0) is 32.7 Å². The van der Waals surface area contributed by atoms with Crippen LogP contribution in [-0.2, 0) is 13.1 Å². The van der Waals surface area contributed by atoms with Crippen LogP contribution in [0.2, 0.25) is 0 Å². The van der Waals surface area contributed by atoms with Crippen molar-refractivity contribution in [3.05, 3.63) is 18.0 Å². The highest BCUT2D eigenvalue weighted by Crippen LogP contribution is 2.21. The van der Waals surface area contributed by atoms with Crippen LogP contribution in [0.1, 0.15) is 45.1 Å². The molecule has 0 radical (unpaired) electrons. The number of hydrogen-bond donors (Lipinski definition) is 1. The first-order valence-corrected chi connectivity index (χ1v) is 7.21. The Balaban J connectivity index is 1.97. The average molecular weight is 250 g/mol. The second kappa shape index (κ2) is 6.34. The van der Waals surface area contributed by atoms with E-state index < -0.39 is 0 Å². The fraction of sp³-hybridized carbons (Fsp3) is 0.786. The normalized spacial score (nSPS) is 23.2. The first kappa shape index (κ1) is 13.6. The van der Waals surface area contributed by atoms with Crippen molar-refractivity contribution in [1.29, 1.82) is 0 Å². The number of rotatable bonds is 5. The molecule has 4 nitrogen and oxygen atoms in total. The zero-order valence-corrected chi connectivity index (χ0v) is 11.7. The van der Waals surface area contributed by atoms with Gasteiger partial charge < -0.3 is 5.73 Å². The number of nitrogens with zero attached hydrogens (tertiary/aromatic N) is 3. The van der Waals surface area contributed by atoms with Crippen molar-refractivity contribution in [2.75, 3.05) is 6.54 Å². The summed E-state index contributed by atoms with van der Waals surface area (Å²) in [6.45, 7) is 7.49. The summed E-state index contributed by atoms with van der Waals surface area (Å²) in [5.74, 6) is 0. The molecule has 1 saturated heterocycles. The molecular weight excluding hydrogens is 224 g/mol. The zero-order valence-electron chi connectivity index (χ0n) is 11.7. The fourth-order valence-electron chi connectivity index (χ4n) is 2.88. The largest absolute Gasteiger partial charge is 0.327 e. The molecule has 1 aromatic rings. The molecule has 2 N–H and O–H groups in total. The lowest BCUT2D eigenvalue weighted by Gasteiger charge is -2.37. The first-order valence-electron chi connectivity index (χ1n) is 7.21. The van der Waals surface area contributed by atoms with Crippen molar-refractivity contribution < 1.29 is 0 Å². The summed E-state index contributed by atoms with van der Waals surface area (Å²) in [4.78, 5) is 2.53. The van der Waals surface area contributed by atoms with Gasteiger partial charge in [-0.2, -0.15) is 5.10 Å². The minimum Gasteiger partial charge on any atom is -0.327 e. The average Bonchev–Trinajstić information content (AvgIpc) is 2.77. The molecule has 0 aliphatic carbocycles. The maximum absolute atomic E-state index is 6.10. The number of aromatic nitrogens is 2. The Morgan fingerprint density at radius 1 is 1.50 bits per heavy atom. The minimum atomic E-state index is 0.260. The molecule has 1 aliphatic rings. The summed E-state index contributed by atoms with van der Waals surface area (Å²) in [5, 5.41) is 4.40. The van der Waals surface area contributed by atoms with Crippen LogP contribution in [-0.4, -0.2) is 33.3 Å². The highest BCUT2D eigenvalue weighted by molar-refractivity contribution is 5.04. The van der Waals surface area contributed by atoms with Crippen molar-refractivity contribution in [2.24, 2.45) is 5.73 Å². The lowest BCUT2D eigenvalue weighted by molar-refractivity contribution is 0.123. The van der Waals surface area contributed by atoms with E-state index in [0.29, 0.717) is 6.04 Å². The van der Waals surface area contributed by atoms with Gasteiger partial charge in [0, 0.05) is 36.9 Å². The number of hydrogen-bond acceptors (Lipinski definition) is 3. The molecule has 102 valence electrons. The summed E-state index contributed by atoms with van der Waals surface area (Å²) in [5.41, 5.74) is 7.42. The lowest BCUT2D eigenvalue weighted by Crippen LogP contribution is -2.48. The van der Waals surface area contributed by atoms with Gasteiger partial charge in [-0.1, -0.05) is 13.3 Å². The van der Waals surface area contributed by atoms with E-state index in [1.54, 1.807) is 0 Å². The Morgan fingerprint density at radius 2 is 2.33 bits per heavy atom. The van der Waals surface area contributed by atoms with Gasteiger partial charge in [0.05, 0.1) is 6.20 Å². The smallest absolute Gasteiger partial charge is 0.0534 e. The topological polar surface area (TPSA) is 47.1 Å². The summed E-state index contributed by atoms with van der Waals surface area (Å²) >= 11 is 0. The van der Waals surface area contributed by atoms with Gasteiger partial charge >= 0.3 is 0 Å². The van der Waals surface area contributed by atoms with Gasteiger partial charge in [0.25, 0.3) is 0 Å². The summed E-state index contributed by atoms with van der Waals surface area (Å²) < 4.78 is 2.04. The molecule has 1 aliphatic heterocycles. The summed E-state index contributed by atoms with van der Waals surface area (Å²) in [6.07, 6.45) is 9.16. The standard InChI is InChI=1S/C14H26N4/c1-3-7-18-11-13(9-16-18)10-17-8-5-4-6-14(17)12(2)15/h9,11-12,14H,3-8,10,15H2,1-2H3. The van der Waals surface area contributed by atoms with Gasteiger partial charge in [0.1, 0.15) is 0 Å². The van der Waals surface area contributed by atoms with Crippen LogP contribution in [0.5, 0.6) is 0 Å². The molecule has 1 fully saturated rings. The molecule has 0 amide bonds. The molecule has 2 atom stereocenters. The van der Waals surface area contributed by atoms with E-state index in [9.17, 15) is 0 Å². The highest BCUT2D eigenvalue weighted by Gasteiger charge is 2.25. The molecule has 0 bridgehead atoms. The van der Waals surface area contributed by atoms with E-state index in [4.69, 9.17) is 5.73 Å². The van der Waals surface area contributed by atoms with Crippen LogP contribution in [0.4, 0.5) is 0 Å². The molecule has 2 unspecified atom stereocenters. The van der Waals surface area contributed by atoms with Gasteiger partial charge in [-0.25, -0.2) is 0 Å². The van der Waals surface area contributed by atoms with Crippen LogP contribution < -0.4 is 5.73 Å². The Morgan fingerprint density at radius 3 is 3.06 bits per heavy atom. The summed E-state index contributed by atoms with van der Waals surface area (Å²) in [7, 11) is 0. The zero-order chi connectivity index (χ0) is 13.0. The van der Waals surface area contributed by atoms with E-state index in [1.807, 2.05) is 10.9 Å². The Hall–Kier alpha value is -0.870. The Bertz CT molecular complexity index is 358. The van der Waals surface area contributed by atoms with Gasteiger partial charge in [0.15, 0.2) is 0 Å². The van der Waals surface area contributed by atoms with E-state index in [-0.39, 0.29) is 6.04 Å². The molecule has 1 aromatic heterocycles. The van der Waals surface area contributed by atoms with Crippen molar-refractivity contribution in [3.63, 3.8) is 0 Å². The third kappa shape index (κ3) is 3.33. The first-order chi connectivity index (χ1) is 8.70. The Kier molecular flexibility index (Phi) is 4.78. The van der Waals surface area contributed by atoms with Gasteiger partial charge in [0.2, 0.25) is 0 Å². The van der Waals surface area contributed by atoms with Crippen molar-refractivity contribution >= 4 is 0 Å². The number of nitrogens with two attached hydrogens (primary N) is 1. The van der Waals surface area contributed by atoms with Gasteiger partial charge in [-0.3, -0.25) is 9.58 Å². The maximum Gasteiger partial charge on any atom is 0.0534 e. The predicted octanol–water partition coefficient (Wildman–Crippen LogP) is 1.99. The molecule has 2 heterocycles. The third-order valence-corrected chi connectivity index (χ3v) is 3.80. The highest BCUT2D eigenvalue weighted by atomic mass is 15.3. The quantitative estimate of drug-likeness (QED) is 0.869. The number of likely N-dealkylation sites (tertiary alicyclic amines) is 1. The monoisotopic (exact) mass is 250 g/mol. The summed E-state index contributed by atoms with van der Waals surface area (Å²) in [6, 6.07) is 0.796.